The SMILES string of the molecule is N#Cc1cccc(C(CC(=O)N2CCCC2)c2cn(Cc3ccc(F)cc3)c3ccccc23)c1Cl. The Kier molecular flexibility index (Phi) is 6.57. The Balaban J connectivity index is 1.62. The van der Waals surface area contributed by atoms with Crippen molar-refractivity contribution in [3.63, 3.8) is 0 Å². The van der Waals surface area contributed by atoms with Crippen LogP contribution >= 0.6 is 11.6 Å². The summed E-state index contributed by atoms with van der Waals surface area (Å²) in [6, 6.07) is 22.2. The molecule has 1 saturated heterocycles. The predicted octanol–water partition coefficient (Wildman–Crippen LogP) is 6.50. The average molecular weight is 486 g/mol. The van der Waals surface area contributed by atoms with Crippen LogP contribution in [0.3, 0.4) is 0 Å². The number of benzene rings is 3. The number of hydrogen-bond donors (Lipinski definition) is 0. The van der Waals surface area contributed by atoms with Gasteiger partial charge in [-0.1, -0.05) is 54.1 Å². The van der Waals surface area contributed by atoms with Crippen LogP contribution in [0.2, 0.25) is 5.02 Å². The highest BCUT2D eigenvalue weighted by atomic mass is 35.5. The number of nitrogens with zero attached hydrogens (tertiary/aromatic N) is 3. The highest BCUT2D eigenvalue weighted by molar-refractivity contribution is 6.32. The van der Waals surface area contributed by atoms with Crippen LogP contribution < -0.4 is 0 Å². The van der Waals surface area contributed by atoms with Gasteiger partial charge in [-0.25, -0.2) is 4.39 Å². The van der Waals surface area contributed by atoms with Crippen LogP contribution in [-0.2, 0) is 11.3 Å². The summed E-state index contributed by atoms with van der Waals surface area (Å²) in [6.45, 7) is 2.13. The number of carbonyl (C=O) groups is 1. The van der Waals surface area contributed by atoms with E-state index in [9.17, 15) is 14.4 Å². The summed E-state index contributed by atoms with van der Waals surface area (Å²) in [5.74, 6) is -0.469. The van der Waals surface area contributed by atoms with E-state index in [1.54, 1.807) is 18.2 Å². The summed E-state index contributed by atoms with van der Waals surface area (Å²) in [5, 5.41) is 11.0. The highest BCUT2D eigenvalue weighted by Crippen LogP contribution is 2.39. The number of likely N-dealkylation sites (tertiary alicyclic amines) is 1. The second-order valence-electron chi connectivity index (χ2n) is 9.02. The van der Waals surface area contributed by atoms with Crippen molar-refractivity contribution < 1.29 is 9.18 Å². The van der Waals surface area contributed by atoms with Gasteiger partial charge in [-0.3, -0.25) is 4.79 Å². The van der Waals surface area contributed by atoms with Gasteiger partial charge in [0, 0.05) is 49.1 Å². The number of hydrogen-bond acceptors (Lipinski definition) is 2. The van der Waals surface area contributed by atoms with Gasteiger partial charge in [0.2, 0.25) is 5.91 Å². The van der Waals surface area contributed by atoms with Crippen molar-refractivity contribution in [1.82, 2.24) is 9.47 Å². The van der Waals surface area contributed by atoms with Crippen molar-refractivity contribution in [2.75, 3.05) is 13.1 Å². The third kappa shape index (κ3) is 4.67. The molecule has 1 fully saturated rings. The van der Waals surface area contributed by atoms with E-state index in [1.165, 1.54) is 12.1 Å². The third-order valence-corrected chi connectivity index (χ3v) is 7.24. The van der Waals surface area contributed by atoms with Gasteiger partial charge in [-0.2, -0.15) is 5.26 Å². The minimum atomic E-state index is -0.303. The lowest BCUT2D eigenvalue weighted by molar-refractivity contribution is -0.130. The first-order valence-corrected chi connectivity index (χ1v) is 12.2. The molecule has 1 aromatic heterocycles. The fourth-order valence-electron chi connectivity index (χ4n) is 5.03. The van der Waals surface area contributed by atoms with E-state index in [1.807, 2.05) is 29.2 Å². The lowest BCUT2D eigenvalue weighted by atomic mass is 9.87. The van der Waals surface area contributed by atoms with Crippen LogP contribution in [0.5, 0.6) is 0 Å². The van der Waals surface area contributed by atoms with Gasteiger partial charge in [0.15, 0.2) is 0 Å². The molecule has 1 aliphatic heterocycles. The molecule has 176 valence electrons. The zero-order chi connectivity index (χ0) is 24.4. The summed E-state index contributed by atoms with van der Waals surface area (Å²) in [4.78, 5) is 15.2. The van der Waals surface area contributed by atoms with Gasteiger partial charge in [-0.15, -0.1) is 0 Å². The van der Waals surface area contributed by atoms with Gasteiger partial charge in [0.1, 0.15) is 11.9 Å². The molecule has 35 heavy (non-hydrogen) atoms. The van der Waals surface area contributed by atoms with Crippen molar-refractivity contribution in [3.8, 4) is 6.07 Å². The van der Waals surface area contributed by atoms with Crippen LogP contribution in [0.25, 0.3) is 10.9 Å². The van der Waals surface area contributed by atoms with Crippen molar-refractivity contribution in [2.24, 2.45) is 0 Å². The molecule has 2 heterocycles. The van der Waals surface area contributed by atoms with E-state index in [2.05, 4.69) is 29.0 Å². The van der Waals surface area contributed by atoms with Crippen molar-refractivity contribution in [1.29, 1.82) is 5.26 Å². The lowest BCUT2D eigenvalue weighted by Crippen LogP contribution is -2.29. The predicted molar refractivity (Wildman–Crippen MR) is 136 cm³/mol. The molecule has 0 spiro atoms. The summed E-state index contributed by atoms with van der Waals surface area (Å²) in [6.07, 6.45) is 4.40. The molecule has 3 aromatic carbocycles. The molecule has 4 aromatic rings. The van der Waals surface area contributed by atoms with Gasteiger partial charge < -0.3 is 9.47 Å². The van der Waals surface area contributed by atoms with Crippen molar-refractivity contribution in [3.05, 3.63) is 106 Å². The topological polar surface area (TPSA) is 49.0 Å². The number of aromatic nitrogens is 1. The van der Waals surface area contributed by atoms with Crippen LogP contribution in [0, 0.1) is 17.1 Å². The zero-order valence-electron chi connectivity index (χ0n) is 19.3. The number of carbonyl (C=O) groups excluding carboxylic acids is 1. The quantitative estimate of drug-likeness (QED) is 0.313. The fourth-order valence-corrected chi connectivity index (χ4v) is 5.33. The van der Waals surface area contributed by atoms with Crippen molar-refractivity contribution in [2.45, 2.75) is 31.7 Å². The van der Waals surface area contributed by atoms with Gasteiger partial charge >= 0.3 is 0 Å². The second-order valence-corrected chi connectivity index (χ2v) is 9.40. The monoisotopic (exact) mass is 485 g/mol. The molecule has 1 atom stereocenters. The van der Waals surface area contributed by atoms with E-state index in [0.29, 0.717) is 17.1 Å². The molecule has 0 bridgehead atoms. The summed E-state index contributed by atoms with van der Waals surface area (Å²) < 4.78 is 15.6. The largest absolute Gasteiger partial charge is 0.343 e. The maximum absolute atomic E-state index is 13.4. The lowest BCUT2D eigenvalue weighted by Gasteiger charge is -2.22. The molecule has 0 saturated carbocycles. The maximum Gasteiger partial charge on any atom is 0.223 e. The molecule has 0 aliphatic carbocycles. The van der Waals surface area contributed by atoms with Crippen LogP contribution in [0.4, 0.5) is 4.39 Å². The van der Waals surface area contributed by atoms with Crippen LogP contribution in [-0.4, -0.2) is 28.5 Å². The number of halogens is 2. The Labute approximate surface area is 209 Å². The molecule has 6 heteroatoms. The summed E-state index contributed by atoms with van der Waals surface area (Å²) in [5.41, 5.74) is 4.18. The molecule has 1 amide bonds. The second kappa shape index (κ2) is 9.93. The van der Waals surface area contributed by atoms with Crippen LogP contribution in [0.1, 0.15) is 47.4 Å². The Bertz CT molecular complexity index is 1410. The van der Waals surface area contributed by atoms with E-state index < -0.39 is 0 Å². The number of amides is 1. The van der Waals surface area contributed by atoms with Crippen molar-refractivity contribution >= 4 is 28.4 Å². The summed E-state index contributed by atoms with van der Waals surface area (Å²) in [7, 11) is 0. The molecule has 1 aliphatic rings. The van der Waals surface area contributed by atoms with Crippen LogP contribution in [0.15, 0.2) is 72.9 Å². The first-order valence-electron chi connectivity index (χ1n) is 11.8. The fraction of sp³-hybridized carbons (Fsp3) is 0.241. The standard InChI is InChI=1S/C29H25ClFN3O/c30-29-21(17-32)6-5-8-24(29)25(16-28(35)33-14-3-4-15-33)26-19-34(27-9-2-1-7-23(26)27)18-20-10-12-22(31)13-11-20/h1-2,5-13,19,25H,3-4,14-16,18H2. The Morgan fingerprint density at radius 3 is 2.49 bits per heavy atom. The third-order valence-electron chi connectivity index (χ3n) is 6.82. The van der Waals surface area contributed by atoms with E-state index in [-0.39, 0.29) is 24.1 Å². The number of nitriles is 1. The Morgan fingerprint density at radius 1 is 1.00 bits per heavy atom. The minimum absolute atomic E-state index is 0.0984. The van der Waals surface area contributed by atoms with E-state index >= 15 is 0 Å². The van der Waals surface area contributed by atoms with E-state index in [0.717, 1.165) is 53.5 Å². The van der Waals surface area contributed by atoms with Gasteiger partial charge in [0.05, 0.1) is 10.6 Å². The Morgan fingerprint density at radius 2 is 1.74 bits per heavy atom. The first-order chi connectivity index (χ1) is 17.0. The first kappa shape index (κ1) is 23.1. The van der Waals surface area contributed by atoms with Gasteiger partial charge in [-0.05, 0) is 53.8 Å². The minimum Gasteiger partial charge on any atom is -0.343 e. The number of rotatable bonds is 6. The molecule has 4 nitrogen and oxygen atoms in total. The maximum atomic E-state index is 13.4. The zero-order valence-corrected chi connectivity index (χ0v) is 20.0. The molecule has 0 radical (unpaired) electrons. The molecule has 5 rings (SSSR count). The van der Waals surface area contributed by atoms with E-state index in [4.69, 9.17) is 11.6 Å². The number of fused-ring (bicyclic) bond motifs is 1. The Hall–Kier alpha value is -3.62. The highest BCUT2D eigenvalue weighted by Gasteiger charge is 2.28. The molecule has 1 unspecified atom stereocenters. The average Bonchev–Trinajstić information content (AvgIpc) is 3.54. The molecule has 0 N–H and O–H groups in total. The number of para-hydroxylation sites is 1. The molecular weight excluding hydrogens is 461 g/mol. The normalized spacial score (nSPS) is 14.3. The molecular formula is C29H25ClFN3O. The smallest absolute Gasteiger partial charge is 0.223 e. The van der Waals surface area contributed by atoms with Gasteiger partial charge in [0.25, 0.3) is 0 Å². The summed E-state index contributed by atoms with van der Waals surface area (Å²) >= 11 is 6.71.